The van der Waals surface area contributed by atoms with Crippen LogP contribution in [-0.2, 0) is 17.8 Å². The van der Waals surface area contributed by atoms with Gasteiger partial charge in [-0.3, -0.25) is 4.79 Å². The summed E-state index contributed by atoms with van der Waals surface area (Å²) in [7, 11) is 0. The number of benzene rings is 2. The average molecular weight is 363 g/mol. The molecule has 0 fully saturated rings. The zero-order valence-corrected chi connectivity index (χ0v) is 14.8. The minimum absolute atomic E-state index is 0. The molecule has 1 heterocycles. The Morgan fingerprint density at radius 1 is 1.04 bits per heavy atom. The zero-order chi connectivity index (χ0) is 16.8. The zero-order valence-electron chi connectivity index (χ0n) is 14.0. The maximum Gasteiger partial charge on any atom is 0.231 e. The number of rotatable bonds is 7. The maximum atomic E-state index is 12.7. The molecule has 25 heavy (non-hydrogen) atoms. The second kappa shape index (κ2) is 9.30. The van der Waals surface area contributed by atoms with E-state index in [1.807, 2.05) is 53.4 Å². The highest BCUT2D eigenvalue weighted by molar-refractivity contribution is 5.85. The van der Waals surface area contributed by atoms with Crippen LogP contribution in [0.5, 0.6) is 11.5 Å². The smallest absolute Gasteiger partial charge is 0.231 e. The molecule has 0 bridgehead atoms. The summed E-state index contributed by atoms with van der Waals surface area (Å²) in [4.78, 5) is 14.6. The number of ether oxygens (including phenoxy) is 2. The van der Waals surface area contributed by atoms with Gasteiger partial charge in [0.25, 0.3) is 0 Å². The quantitative estimate of drug-likeness (QED) is 0.822. The van der Waals surface area contributed by atoms with E-state index in [-0.39, 0.29) is 25.1 Å². The first kappa shape index (κ1) is 19.1. The summed E-state index contributed by atoms with van der Waals surface area (Å²) in [5.74, 6) is 1.53. The summed E-state index contributed by atoms with van der Waals surface area (Å²) in [6.45, 7) is 2.07. The highest BCUT2D eigenvalue weighted by Crippen LogP contribution is 2.32. The Morgan fingerprint density at radius 3 is 2.56 bits per heavy atom. The van der Waals surface area contributed by atoms with E-state index in [0.29, 0.717) is 31.8 Å². The van der Waals surface area contributed by atoms with Crippen molar-refractivity contribution in [2.75, 3.05) is 19.9 Å². The molecular weight excluding hydrogens is 340 g/mol. The first-order valence-electron chi connectivity index (χ1n) is 8.16. The largest absolute Gasteiger partial charge is 0.454 e. The molecule has 3 rings (SSSR count). The normalized spacial score (nSPS) is 11.7. The van der Waals surface area contributed by atoms with E-state index in [1.54, 1.807) is 0 Å². The number of hydrogen-bond donors (Lipinski definition) is 1. The van der Waals surface area contributed by atoms with Crippen LogP contribution < -0.4 is 15.2 Å². The lowest BCUT2D eigenvalue weighted by Gasteiger charge is -2.23. The van der Waals surface area contributed by atoms with E-state index in [4.69, 9.17) is 15.2 Å². The van der Waals surface area contributed by atoms with Crippen molar-refractivity contribution in [2.24, 2.45) is 5.73 Å². The van der Waals surface area contributed by atoms with Gasteiger partial charge in [0, 0.05) is 13.1 Å². The van der Waals surface area contributed by atoms with E-state index in [2.05, 4.69) is 0 Å². The molecule has 0 aliphatic carbocycles. The molecule has 0 radical (unpaired) electrons. The predicted octanol–water partition coefficient (Wildman–Crippen LogP) is 2.76. The van der Waals surface area contributed by atoms with Gasteiger partial charge in [0.15, 0.2) is 11.5 Å². The van der Waals surface area contributed by atoms with Gasteiger partial charge in [-0.2, -0.15) is 0 Å². The Kier molecular flexibility index (Phi) is 7.10. The van der Waals surface area contributed by atoms with Crippen LogP contribution in [0, 0.1) is 0 Å². The number of amides is 1. The molecule has 1 aliphatic heterocycles. The number of nitrogens with two attached hydrogens (primary N) is 1. The van der Waals surface area contributed by atoms with Crippen molar-refractivity contribution in [3.05, 3.63) is 59.7 Å². The van der Waals surface area contributed by atoms with Gasteiger partial charge in [-0.25, -0.2) is 0 Å². The molecule has 0 atom stereocenters. The molecule has 2 N–H and O–H groups in total. The lowest BCUT2D eigenvalue weighted by Crippen LogP contribution is -2.33. The van der Waals surface area contributed by atoms with Crippen LogP contribution in [0.25, 0.3) is 0 Å². The number of carbonyl (C=O) groups excluding carboxylic acids is 1. The SMILES string of the molecule is Cl.NCCCN(Cc1ccccc1)C(=O)Cc1ccc2c(c1)OCO2. The number of nitrogens with zero attached hydrogens (tertiary/aromatic N) is 1. The summed E-state index contributed by atoms with van der Waals surface area (Å²) >= 11 is 0. The van der Waals surface area contributed by atoms with Crippen molar-refractivity contribution in [3.63, 3.8) is 0 Å². The van der Waals surface area contributed by atoms with Crippen molar-refractivity contribution in [2.45, 2.75) is 19.4 Å². The number of hydrogen-bond acceptors (Lipinski definition) is 4. The van der Waals surface area contributed by atoms with Crippen LogP contribution in [0.15, 0.2) is 48.5 Å². The summed E-state index contributed by atoms with van der Waals surface area (Å²) < 4.78 is 10.7. The van der Waals surface area contributed by atoms with E-state index in [9.17, 15) is 4.79 Å². The molecule has 2 aromatic carbocycles. The molecular formula is C19H23ClN2O3. The Hall–Kier alpha value is -2.24. The lowest BCUT2D eigenvalue weighted by atomic mass is 10.1. The summed E-state index contributed by atoms with van der Waals surface area (Å²) in [5, 5.41) is 0. The first-order chi connectivity index (χ1) is 11.8. The molecule has 0 unspecified atom stereocenters. The molecule has 1 amide bonds. The molecule has 1 aliphatic rings. The third-order valence-corrected chi connectivity index (χ3v) is 3.99. The van der Waals surface area contributed by atoms with Gasteiger partial charge in [0.2, 0.25) is 12.7 Å². The highest BCUT2D eigenvalue weighted by atomic mass is 35.5. The minimum atomic E-state index is 0. The topological polar surface area (TPSA) is 64.8 Å². The van der Waals surface area contributed by atoms with Gasteiger partial charge in [-0.1, -0.05) is 36.4 Å². The highest BCUT2D eigenvalue weighted by Gasteiger charge is 2.17. The fraction of sp³-hybridized carbons (Fsp3) is 0.316. The van der Waals surface area contributed by atoms with Crippen molar-refractivity contribution >= 4 is 18.3 Å². The Labute approximate surface area is 154 Å². The van der Waals surface area contributed by atoms with Crippen molar-refractivity contribution < 1.29 is 14.3 Å². The van der Waals surface area contributed by atoms with Gasteiger partial charge in [0.1, 0.15) is 0 Å². The fourth-order valence-corrected chi connectivity index (χ4v) is 2.72. The van der Waals surface area contributed by atoms with E-state index < -0.39 is 0 Å². The van der Waals surface area contributed by atoms with Crippen LogP contribution in [0.1, 0.15) is 17.5 Å². The Balaban J connectivity index is 0.00000225. The Bertz CT molecular complexity index is 694. The molecule has 6 heteroatoms. The van der Waals surface area contributed by atoms with Gasteiger partial charge < -0.3 is 20.1 Å². The van der Waals surface area contributed by atoms with Crippen molar-refractivity contribution in [1.82, 2.24) is 4.90 Å². The molecule has 2 aromatic rings. The van der Waals surface area contributed by atoms with Crippen LogP contribution in [0.4, 0.5) is 0 Å². The lowest BCUT2D eigenvalue weighted by molar-refractivity contribution is -0.131. The third-order valence-electron chi connectivity index (χ3n) is 3.99. The fourth-order valence-electron chi connectivity index (χ4n) is 2.72. The van der Waals surface area contributed by atoms with E-state index >= 15 is 0 Å². The number of carbonyl (C=O) groups is 1. The summed E-state index contributed by atoms with van der Waals surface area (Å²) in [5.41, 5.74) is 7.66. The van der Waals surface area contributed by atoms with Gasteiger partial charge in [-0.15, -0.1) is 12.4 Å². The van der Waals surface area contributed by atoms with E-state index in [1.165, 1.54) is 0 Å². The summed E-state index contributed by atoms with van der Waals surface area (Å²) in [6, 6.07) is 15.7. The molecule has 0 saturated heterocycles. The first-order valence-corrected chi connectivity index (χ1v) is 8.16. The number of fused-ring (bicyclic) bond motifs is 1. The maximum absolute atomic E-state index is 12.7. The molecule has 134 valence electrons. The monoisotopic (exact) mass is 362 g/mol. The third kappa shape index (κ3) is 5.11. The van der Waals surface area contributed by atoms with Crippen LogP contribution in [0.2, 0.25) is 0 Å². The Morgan fingerprint density at radius 2 is 1.80 bits per heavy atom. The minimum Gasteiger partial charge on any atom is -0.454 e. The average Bonchev–Trinajstić information content (AvgIpc) is 3.07. The summed E-state index contributed by atoms with van der Waals surface area (Å²) in [6.07, 6.45) is 1.13. The van der Waals surface area contributed by atoms with E-state index in [0.717, 1.165) is 23.3 Å². The van der Waals surface area contributed by atoms with Crippen molar-refractivity contribution in [3.8, 4) is 11.5 Å². The number of halogens is 1. The molecule has 0 spiro atoms. The van der Waals surface area contributed by atoms with Crippen LogP contribution >= 0.6 is 12.4 Å². The standard InChI is InChI=1S/C19H22N2O3.ClH/c20-9-4-10-21(13-15-5-2-1-3-6-15)19(22)12-16-7-8-17-18(11-16)24-14-23-17;/h1-3,5-8,11H,4,9-10,12-14,20H2;1H. The van der Waals surface area contributed by atoms with Crippen molar-refractivity contribution in [1.29, 1.82) is 0 Å². The van der Waals surface area contributed by atoms with Crippen LogP contribution in [-0.4, -0.2) is 30.7 Å². The van der Waals surface area contributed by atoms with Crippen LogP contribution in [0.3, 0.4) is 0 Å². The van der Waals surface area contributed by atoms with Gasteiger partial charge >= 0.3 is 0 Å². The van der Waals surface area contributed by atoms with Gasteiger partial charge in [-0.05, 0) is 36.2 Å². The second-order valence-electron chi connectivity index (χ2n) is 5.81. The molecule has 0 saturated carbocycles. The van der Waals surface area contributed by atoms with Gasteiger partial charge in [0.05, 0.1) is 6.42 Å². The predicted molar refractivity (Wildman–Crippen MR) is 99.0 cm³/mol. The molecule has 5 nitrogen and oxygen atoms in total. The second-order valence-corrected chi connectivity index (χ2v) is 5.81. The molecule has 0 aromatic heterocycles.